The first-order valence-corrected chi connectivity index (χ1v) is 11.4. The van der Waals surface area contributed by atoms with Crippen LogP contribution in [0.4, 0.5) is 5.69 Å². The highest BCUT2D eigenvalue weighted by Gasteiger charge is 2.33. The molecule has 0 saturated heterocycles. The van der Waals surface area contributed by atoms with Gasteiger partial charge in [0.25, 0.3) is 0 Å². The van der Waals surface area contributed by atoms with Crippen LogP contribution in [0, 0.1) is 0 Å². The maximum Gasteiger partial charge on any atom is 0.344 e. The van der Waals surface area contributed by atoms with Crippen LogP contribution < -0.4 is 9.47 Å². The third-order valence-corrected chi connectivity index (χ3v) is 5.53. The van der Waals surface area contributed by atoms with E-state index >= 15 is 0 Å². The molecule has 0 spiro atoms. The highest BCUT2D eigenvalue weighted by molar-refractivity contribution is 8.18. The average molecular weight is 484 g/mol. The Hall–Kier alpha value is -3.72. The molecule has 9 heteroatoms. The van der Waals surface area contributed by atoms with Gasteiger partial charge in [0, 0.05) is 0 Å². The van der Waals surface area contributed by atoms with Crippen molar-refractivity contribution in [2.75, 3.05) is 26.9 Å². The maximum absolute atomic E-state index is 12.6. The molecule has 178 valence electrons. The van der Waals surface area contributed by atoms with Gasteiger partial charge in [-0.05, 0) is 61.9 Å². The third-order valence-electron chi connectivity index (χ3n) is 4.51. The molecule has 34 heavy (non-hydrogen) atoms. The number of nitrogens with zero attached hydrogens (tertiary/aromatic N) is 1. The largest absolute Gasteiger partial charge is 0.506 e. The molecule has 0 radical (unpaired) electrons. The molecule has 0 unspecified atom stereocenters. The molecule has 2 aromatic rings. The molecule has 1 heterocycles. The number of esters is 2. The number of hydrogen-bond acceptors (Lipinski definition) is 9. The summed E-state index contributed by atoms with van der Waals surface area (Å²) in [5.74, 6) is -0.105. The number of rotatable bonds is 9. The normalized spacial score (nSPS) is 15.5. The van der Waals surface area contributed by atoms with Gasteiger partial charge in [0.05, 0.1) is 30.9 Å². The Balaban J connectivity index is 1.86. The Morgan fingerprint density at radius 2 is 1.62 bits per heavy atom. The minimum Gasteiger partial charge on any atom is -0.506 e. The molecule has 0 amide bonds. The summed E-state index contributed by atoms with van der Waals surface area (Å²) in [6.45, 7) is 4.13. The van der Waals surface area contributed by atoms with Crippen LogP contribution in [0.15, 0.2) is 69.8 Å². The van der Waals surface area contributed by atoms with Gasteiger partial charge >= 0.3 is 11.9 Å². The van der Waals surface area contributed by atoms with Crippen molar-refractivity contribution in [3.63, 3.8) is 0 Å². The van der Waals surface area contributed by atoms with E-state index in [1.54, 1.807) is 61.5 Å². The monoisotopic (exact) mass is 483 g/mol. The first kappa shape index (κ1) is 24.9. The quantitative estimate of drug-likeness (QED) is 0.506. The molecule has 3 rings (SSSR count). The fourth-order valence-electron chi connectivity index (χ4n) is 2.91. The van der Waals surface area contributed by atoms with E-state index in [0.717, 1.165) is 5.56 Å². The van der Waals surface area contributed by atoms with Crippen LogP contribution in [0.2, 0.25) is 0 Å². The topological polar surface area (TPSA) is 104 Å². The van der Waals surface area contributed by atoms with E-state index in [2.05, 4.69) is 9.73 Å². The second-order valence-electron chi connectivity index (χ2n) is 6.83. The van der Waals surface area contributed by atoms with Crippen molar-refractivity contribution in [3.05, 3.63) is 70.3 Å². The van der Waals surface area contributed by atoms with Gasteiger partial charge in [0.2, 0.25) is 0 Å². The molecule has 0 atom stereocenters. The van der Waals surface area contributed by atoms with E-state index in [-0.39, 0.29) is 24.5 Å². The molecule has 1 aliphatic rings. The number of hydrogen-bond donors (Lipinski definition) is 1. The molecule has 0 saturated carbocycles. The number of aliphatic hydroxyl groups excluding tert-OH is 1. The van der Waals surface area contributed by atoms with Crippen LogP contribution in [0.5, 0.6) is 11.5 Å². The number of benzene rings is 2. The van der Waals surface area contributed by atoms with Crippen LogP contribution >= 0.6 is 11.8 Å². The lowest BCUT2D eigenvalue weighted by molar-refractivity contribution is -0.143. The van der Waals surface area contributed by atoms with Crippen molar-refractivity contribution in [1.29, 1.82) is 0 Å². The molecule has 0 bridgehead atoms. The molecule has 0 fully saturated rings. The number of aliphatic imine (C=N–C) groups is 1. The van der Waals surface area contributed by atoms with Gasteiger partial charge in [-0.3, -0.25) is 0 Å². The molecular weight excluding hydrogens is 458 g/mol. The van der Waals surface area contributed by atoms with Gasteiger partial charge in [0.15, 0.2) is 6.61 Å². The van der Waals surface area contributed by atoms with E-state index in [1.165, 1.54) is 18.9 Å². The molecule has 0 aliphatic carbocycles. The number of carbonyl (C=O) groups excluding carboxylic acids is 2. The molecule has 8 nitrogen and oxygen atoms in total. The van der Waals surface area contributed by atoms with E-state index in [4.69, 9.17) is 14.2 Å². The van der Waals surface area contributed by atoms with Crippen molar-refractivity contribution >= 4 is 40.5 Å². The number of carbonyl (C=O) groups is 2. The maximum atomic E-state index is 12.6. The summed E-state index contributed by atoms with van der Waals surface area (Å²) in [6.07, 6.45) is 1.73. The highest BCUT2D eigenvalue weighted by atomic mass is 32.2. The van der Waals surface area contributed by atoms with E-state index < -0.39 is 11.9 Å². The number of methoxy groups -OCH3 is 1. The molecule has 0 aromatic heterocycles. The summed E-state index contributed by atoms with van der Waals surface area (Å²) in [4.78, 5) is 28.8. The van der Waals surface area contributed by atoms with E-state index in [9.17, 15) is 14.7 Å². The Morgan fingerprint density at radius 3 is 2.24 bits per heavy atom. The first-order chi connectivity index (χ1) is 16.4. The Kier molecular flexibility index (Phi) is 8.75. The second-order valence-corrected chi connectivity index (χ2v) is 7.86. The predicted molar refractivity (Wildman–Crippen MR) is 131 cm³/mol. The summed E-state index contributed by atoms with van der Waals surface area (Å²) >= 11 is 1.17. The van der Waals surface area contributed by atoms with Gasteiger partial charge in [-0.15, -0.1) is 0 Å². The lowest BCUT2D eigenvalue weighted by Gasteiger charge is -2.05. The SMILES string of the molecule is CCOC(=O)C1=C(O)C(=Cc2ccc(OCC(=O)OC)cc2)SC1=Nc1ccc(OCC)cc1. The fraction of sp³-hybridized carbons (Fsp3) is 0.240. The minimum atomic E-state index is -0.646. The average Bonchev–Trinajstić information content (AvgIpc) is 3.14. The molecule has 2 aromatic carbocycles. The van der Waals surface area contributed by atoms with Crippen molar-refractivity contribution in [2.45, 2.75) is 13.8 Å². The van der Waals surface area contributed by atoms with Crippen LogP contribution in [0.25, 0.3) is 6.08 Å². The van der Waals surface area contributed by atoms with Crippen molar-refractivity contribution in [1.82, 2.24) is 0 Å². The minimum absolute atomic E-state index is 0.0185. The molecule has 1 aliphatic heterocycles. The fourth-order valence-corrected chi connectivity index (χ4v) is 3.94. The number of ether oxygens (including phenoxy) is 4. The van der Waals surface area contributed by atoms with Gasteiger partial charge < -0.3 is 24.1 Å². The summed E-state index contributed by atoms with van der Waals surface area (Å²) in [6, 6.07) is 14.0. The second kappa shape index (κ2) is 11.9. The zero-order chi connectivity index (χ0) is 24.5. The number of thioether (sulfide) groups is 1. The van der Waals surface area contributed by atoms with Crippen LogP contribution in [-0.4, -0.2) is 49.0 Å². The van der Waals surface area contributed by atoms with Crippen molar-refractivity contribution in [2.24, 2.45) is 4.99 Å². The van der Waals surface area contributed by atoms with E-state index in [1.807, 2.05) is 6.92 Å². The summed E-state index contributed by atoms with van der Waals surface area (Å²) in [5.41, 5.74) is 1.38. The van der Waals surface area contributed by atoms with E-state index in [0.29, 0.717) is 33.7 Å². The van der Waals surface area contributed by atoms with Crippen LogP contribution in [-0.2, 0) is 19.1 Å². The standard InChI is InChI=1S/C25H25NO7S/c1-4-31-18-12-8-17(9-13-18)26-24-22(25(29)32-5-2)23(28)20(34-24)14-16-6-10-19(11-7-16)33-15-21(27)30-3/h6-14,28H,4-5,15H2,1-3H3. The lowest BCUT2D eigenvalue weighted by Crippen LogP contribution is -2.12. The lowest BCUT2D eigenvalue weighted by atomic mass is 10.1. The zero-order valence-electron chi connectivity index (χ0n) is 19.1. The predicted octanol–water partition coefficient (Wildman–Crippen LogP) is 4.83. The number of aliphatic hydroxyl groups is 1. The van der Waals surface area contributed by atoms with Crippen LogP contribution in [0.1, 0.15) is 19.4 Å². The summed E-state index contributed by atoms with van der Waals surface area (Å²) in [7, 11) is 1.29. The van der Waals surface area contributed by atoms with Crippen molar-refractivity contribution < 1.29 is 33.6 Å². The first-order valence-electron chi connectivity index (χ1n) is 10.6. The molecule has 1 N–H and O–H groups in total. The smallest absolute Gasteiger partial charge is 0.344 e. The highest BCUT2D eigenvalue weighted by Crippen LogP contribution is 2.40. The van der Waals surface area contributed by atoms with Gasteiger partial charge in [-0.2, -0.15) is 0 Å². The van der Waals surface area contributed by atoms with Gasteiger partial charge in [0.1, 0.15) is 27.9 Å². The Morgan fingerprint density at radius 1 is 0.971 bits per heavy atom. The molecular formula is C25H25NO7S. The third kappa shape index (κ3) is 6.41. The Bertz CT molecular complexity index is 1120. The summed E-state index contributed by atoms with van der Waals surface area (Å²) < 4.78 is 20.5. The van der Waals surface area contributed by atoms with Gasteiger partial charge in [-0.25, -0.2) is 14.6 Å². The Labute approximate surface area is 201 Å². The van der Waals surface area contributed by atoms with Crippen molar-refractivity contribution in [3.8, 4) is 11.5 Å². The van der Waals surface area contributed by atoms with Crippen LogP contribution in [0.3, 0.4) is 0 Å². The zero-order valence-corrected chi connectivity index (χ0v) is 19.9. The van der Waals surface area contributed by atoms with Gasteiger partial charge in [-0.1, -0.05) is 23.9 Å². The summed E-state index contributed by atoms with van der Waals surface area (Å²) in [5, 5.41) is 11.1.